The van der Waals surface area contributed by atoms with Crippen LogP contribution in [-0.4, -0.2) is 28.3 Å². The molecule has 0 unspecified atom stereocenters. The molecule has 5 heteroatoms. The summed E-state index contributed by atoms with van der Waals surface area (Å²) >= 11 is 3.28. The molecule has 1 fully saturated rings. The van der Waals surface area contributed by atoms with Crippen LogP contribution in [0, 0.1) is 5.92 Å². The molecule has 1 amide bonds. The second-order valence-corrected chi connectivity index (χ2v) is 6.84. The van der Waals surface area contributed by atoms with E-state index in [1.54, 1.807) is 12.1 Å². The van der Waals surface area contributed by atoms with Crippen molar-refractivity contribution in [2.75, 3.05) is 6.54 Å². The fourth-order valence-electron chi connectivity index (χ4n) is 2.83. The minimum absolute atomic E-state index is 0.0580. The van der Waals surface area contributed by atoms with E-state index in [-0.39, 0.29) is 23.8 Å². The molecule has 0 heterocycles. The smallest absolute Gasteiger partial charge is 0.255 e. The van der Waals surface area contributed by atoms with Crippen molar-refractivity contribution < 1.29 is 15.0 Å². The number of aliphatic hydroxyl groups is 1. The molecular weight excluding hydrogens is 334 g/mol. The van der Waals surface area contributed by atoms with Gasteiger partial charge in [0.25, 0.3) is 5.91 Å². The van der Waals surface area contributed by atoms with E-state index >= 15 is 0 Å². The number of nitrogens with one attached hydrogen (secondary N) is 1. The molecule has 0 aliphatic heterocycles. The quantitative estimate of drug-likeness (QED) is 0.776. The van der Waals surface area contributed by atoms with Crippen LogP contribution in [0.5, 0.6) is 5.75 Å². The van der Waals surface area contributed by atoms with Crippen LogP contribution in [0.2, 0.25) is 0 Å². The first-order valence-electron chi connectivity index (χ1n) is 7.42. The first kappa shape index (κ1) is 16.3. The monoisotopic (exact) mass is 355 g/mol. The minimum Gasteiger partial charge on any atom is -0.507 e. The number of amides is 1. The van der Waals surface area contributed by atoms with Gasteiger partial charge >= 0.3 is 0 Å². The number of benzene rings is 1. The number of halogens is 1. The number of hydrogen-bond acceptors (Lipinski definition) is 3. The maximum Gasteiger partial charge on any atom is 0.255 e. The third-order valence-electron chi connectivity index (χ3n) is 4.39. The zero-order chi connectivity index (χ0) is 15.5. The van der Waals surface area contributed by atoms with E-state index in [0.717, 1.165) is 36.6 Å². The molecule has 2 rings (SSSR count). The summed E-state index contributed by atoms with van der Waals surface area (Å²) in [5.74, 6) is 0.271. The fraction of sp³-hybridized carbons (Fsp3) is 0.562. The van der Waals surface area contributed by atoms with Crippen molar-refractivity contribution in [3.63, 3.8) is 0 Å². The average molecular weight is 356 g/mol. The lowest BCUT2D eigenvalue weighted by molar-refractivity contribution is -0.00788. The fourth-order valence-corrected chi connectivity index (χ4v) is 3.19. The van der Waals surface area contributed by atoms with E-state index in [2.05, 4.69) is 28.2 Å². The van der Waals surface area contributed by atoms with Crippen LogP contribution in [0.4, 0.5) is 0 Å². The van der Waals surface area contributed by atoms with Gasteiger partial charge in [0.05, 0.1) is 11.2 Å². The van der Waals surface area contributed by atoms with Gasteiger partial charge in [-0.05, 0) is 49.8 Å². The van der Waals surface area contributed by atoms with E-state index in [9.17, 15) is 15.0 Å². The van der Waals surface area contributed by atoms with Gasteiger partial charge in [0.15, 0.2) is 0 Å². The summed E-state index contributed by atoms with van der Waals surface area (Å²) in [6, 6.07) is 4.72. The summed E-state index contributed by atoms with van der Waals surface area (Å²) < 4.78 is 0.729. The van der Waals surface area contributed by atoms with Crippen molar-refractivity contribution in [2.24, 2.45) is 5.92 Å². The number of carbonyl (C=O) groups is 1. The first-order chi connectivity index (χ1) is 9.93. The maximum atomic E-state index is 12.1. The van der Waals surface area contributed by atoms with Crippen molar-refractivity contribution >= 4 is 21.8 Å². The number of phenols is 1. The molecule has 1 aliphatic carbocycles. The predicted octanol–water partition coefficient (Wildman–Crippen LogP) is 3.22. The molecule has 0 saturated heterocycles. The Morgan fingerprint density at radius 1 is 1.43 bits per heavy atom. The SMILES string of the molecule is CCC1CCC(O)(CNC(=O)c2cc(Br)ccc2O)CC1. The van der Waals surface area contributed by atoms with Gasteiger partial charge in [-0.1, -0.05) is 29.3 Å². The summed E-state index contributed by atoms with van der Waals surface area (Å²) in [6.07, 6.45) is 4.59. The van der Waals surface area contributed by atoms with Crippen LogP contribution >= 0.6 is 15.9 Å². The van der Waals surface area contributed by atoms with Crippen molar-refractivity contribution in [2.45, 2.75) is 44.6 Å². The highest BCUT2D eigenvalue weighted by Gasteiger charge is 2.33. The van der Waals surface area contributed by atoms with Gasteiger partial charge in [0.2, 0.25) is 0 Å². The summed E-state index contributed by atoms with van der Waals surface area (Å²) in [5, 5.41) is 23.0. The third kappa shape index (κ3) is 4.20. The molecule has 21 heavy (non-hydrogen) atoms. The Kier molecular flexibility index (Phi) is 5.27. The Bertz CT molecular complexity index is 510. The zero-order valence-electron chi connectivity index (χ0n) is 12.2. The molecule has 1 saturated carbocycles. The second kappa shape index (κ2) is 6.79. The van der Waals surface area contributed by atoms with E-state index in [1.165, 1.54) is 6.07 Å². The molecule has 1 aromatic carbocycles. The molecule has 4 nitrogen and oxygen atoms in total. The number of phenolic OH excluding ortho intramolecular Hbond substituents is 1. The average Bonchev–Trinajstić information content (AvgIpc) is 2.48. The summed E-state index contributed by atoms with van der Waals surface area (Å²) in [5.41, 5.74) is -0.599. The molecule has 116 valence electrons. The van der Waals surface area contributed by atoms with E-state index in [0.29, 0.717) is 5.92 Å². The van der Waals surface area contributed by atoms with Gasteiger partial charge in [0.1, 0.15) is 5.75 Å². The van der Waals surface area contributed by atoms with E-state index in [1.807, 2.05) is 0 Å². The number of hydrogen-bond donors (Lipinski definition) is 3. The van der Waals surface area contributed by atoms with E-state index < -0.39 is 5.60 Å². The van der Waals surface area contributed by atoms with Crippen molar-refractivity contribution in [1.29, 1.82) is 0 Å². The summed E-state index contributed by atoms with van der Waals surface area (Å²) in [4.78, 5) is 12.1. The highest BCUT2D eigenvalue weighted by atomic mass is 79.9. The number of aromatic hydroxyl groups is 1. The third-order valence-corrected chi connectivity index (χ3v) is 4.89. The lowest BCUT2D eigenvalue weighted by Crippen LogP contribution is -2.45. The molecular formula is C16H22BrNO3. The number of rotatable bonds is 4. The minimum atomic E-state index is -0.817. The van der Waals surface area contributed by atoms with Crippen molar-refractivity contribution in [3.05, 3.63) is 28.2 Å². The van der Waals surface area contributed by atoms with Gasteiger partial charge < -0.3 is 15.5 Å². The van der Waals surface area contributed by atoms with Crippen LogP contribution in [0.1, 0.15) is 49.4 Å². The van der Waals surface area contributed by atoms with Crippen LogP contribution in [0.15, 0.2) is 22.7 Å². The largest absolute Gasteiger partial charge is 0.507 e. The summed E-state index contributed by atoms with van der Waals surface area (Å²) in [6.45, 7) is 2.40. The van der Waals surface area contributed by atoms with Crippen molar-refractivity contribution in [1.82, 2.24) is 5.32 Å². The topological polar surface area (TPSA) is 69.6 Å². The van der Waals surface area contributed by atoms with Crippen LogP contribution in [0.25, 0.3) is 0 Å². The zero-order valence-corrected chi connectivity index (χ0v) is 13.8. The van der Waals surface area contributed by atoms with E-state index in [4.69, 9.17) is 0 Å². The maximum absolute atomic E-state index is 12.1. The standard InChI is InChI=1S/C16H22BrNO3/c1-2-11-5-7-16(21,8-6-11)10-18-15(20)13-9-12(17)3-4-14(13)19/h3-4,9,11,19,21H,2,5-8,10H2,1H3,(H,18,20). The van der Waals surface area contributed by atoms with Crippen molar-refractivity contribution in [3.8, 4) is 5.75 Å². The molecule has 3 N–H and O–H groups in total. The Morgan fingerprint density at radius 2 is 2.10 bits per heavy atom. The van der Waals surface area contributed by atoms with Gasteiger partial charge in [-0.15, -0.1) is 0 Å². The number of carbonyl (C=O) groups excluding carboxylic acids is 1. The van der Waals surface area contributed by atoms with Gasteiger partial charge in [-0.25, -0.2) is 0 Å². The Labute approximate surface area is 133 Å². The molecule has 0 radical (unpaired) electrons. The second-order valence-electron chi connectivity index (χ2n) is 5.92. The molecule has 1 aromatic rings. The van der Waals surface area contributed by atoms with Gasteiger partial charge in [-0.3, -0.25) is 4.79 Å². The normalized spacial score (nSPS) is 25.6. The van der Waals surface area contributed by atoms with Crippen LogP contribution < -0.4 is 5.32 Å². The van der Waals surface area contributed by atoms with Gasteiger partial charge in [0, 0.05) is 11.0 Å². The Balaban J connectivity index is 1.93. The Hall–Kier alpha value is -1.07. The lowest BCUT2D eigenvalue weighted by atomic mass is 9.78. The van der Waals surface area contributed by atoms with Crippen LogP contribution in [0.3, 0.4) is 0 Å². The Morgan fingerprint density at radius 3 is 2.71 bits per heavy atom. The first-order valence-corrected chi connectivity index (χ1v) is 8.22. The highest BCUT2D eigenvalue weighted by molar-refractivity contribution is 9.10. The lowest BCUT2D eigenvalue weighted by Gasteiger charge is -2.35. The molecule has 0 spiro atoms. The molecule has 1 aliphatic rings. The molecule has 0 aromatic heterocycles. The van der Waals surface area contributed by atoms with Crippen LogP contribution in [-0.2, 0) is 0 Å². The predicted molar refractivity (Wildman–Crippen MR) is 85.3 cm³/mol. The summed E-state index contributed by atoms with van der Waals surface area (Å²) in [7, 11) is 0. The van der Waals surface area contributed by atoms with Gasteiger partial charge in [-0.2, -0.15) is 0 Å². The molecule has 0 atom stereocenters. The highest BCUT2D eigenvalue weighted by Crippen LogP contribution is 2.33. The molecule has 0 bridgehead atoms.